The summed E-state index contributed by atoms with van der Waals surface area (Å²) < 4.78 is 10.1. The van der Waals surface area contributed by atoms with Crippen LogP contribution in [-0.4, -0.2) is 25.2 Å². The molecule has 0 radical (unpaired) electrons. The Labute approximate surface area is 101 Å². The number of carbonyl (C=O) groups excluding carboxylic acids is 2. The number of fused-ring (bicyclic) bond motifs is 2. The Morgan fingerprint density at radius 3 is 2.24 bits per heavy atom. The first-order valence-electron chi connectivity index (χ1n) is 6.20. The fourth-order valence-corrected chi connectivity index (χ4v) is 2.88. The van der Waals surface area contributed by atoms with Gasteiger partial charge in [0.1, 0.15) is 0 Å². The standard InChI is InChI=1S/C13H18O4/c1-3-16-11(14)13(12(15)17-4-2)8-9-5-6-10(13)7-9/h8,10H,3-7H2,1-2H3. The molecule has 0 aromatic heterocycles. The second kappa shape index (κ2) is 4.51. The Hall–Kier alpha value is -1.32. The molecule has 0 aliphatic heterocycles. The van der Waals surface area contributed by atoms with Gasteiger partial charge in [-0.05, 0) is 39.0 Å². The van der Waals surface area contributed by atoms with Crippen molar-refractivity contribution in [2.75, 3.05) is 13.2 Å². The SMILES string of the molecule is CCOC(=O)C1(C(=O)OCC)C=C2CCC1C2. The van der Waals surface area contributed by atoms with Crippen LogP contribution in [0, 0.1) is 11.3 Å². The number of carbonyl (C=O) groups is 2. The van der Waals surface area contributed by atoms with Crippen LogP contribution in [-0.2, 0) is 19.1 Å². The van der Waals surface area contributed by atoms with Crippen LogP contribution in [0.3, 0.4) is 0 Å². The van der Waals surface area contributed by atoms with E-state index in [2.05, 4.69) is 0 Å². The number of rotatable bonds is 4. The molecule has 4 heteroatoms. The second-order valence-corrected chi connectivity index (χ2v) is 4.55. The predicted octanol–water partition coefficient (Wildman–Crippen LogP) is 1.84. The molecule has 1 unspecified atom stereocenters. The molecular formula is C13H18O4. The molecule has 0 saturated heterocycles. The van der Waals surface area contributed by atoms with Crippen molar-refractivity contribution in [3.63, 3.8) is 0 Å². The summed E-state index contributed by atoms with van der Waals surface area (Å²) in [4.78, 5) is 24.2. The van der Waals surface area contributed by atoms with Crippen LogP contribution in [0.2, 0.25) is 0 Å². The van der Waals surface area contributed by atoms with Crippen molar-refractivity contribution in [3.8, 4) is 0 Å². The van der Waals surface area contributed by atoms with Crippen LogP contribution in [0.4, 0.5) is 0 Å². The Balaban J connectivity index is 2.31. The van der Waals surface area contributed by atoms with Crippen molar-refractivity contribution >= 4 is 11.9 Å². The lowest BCUT2D eigenvalue weighted by molar-refractivity contribution is -0.171. The average Bonchev–Trinajstić information content (AvgIpc) is 2.89. The van der Waals surface area contributed by atoms with E-state index in [-0.39, 0.29) is 19.1 Å². The van der Waals surface area contributed by atoms with E-state index in [1.807, 2.05) is 0 Å². The number of esters is 2. The van der Waals surface area contributed by atoms with E-state index in [0.717, 1.165) is 19.3 Å². The van der Waals surface area contributed by atoms with Gasteiger partial charge in [0.2, 0.25) is 0 Å². The highest BCUT2D eigenvalue weighted by Gasteiger charge is 2.58. The van der Waals surface area contributed by atoms with Gasteiger partial charge >= 0.3 is 11.9 Å². The zero-order valence-electron chi connectivity index (χ0n) is 10.3. The quantitative estimate of drug-likeness (QED) is 0.426. The van der Waals surface area contributed by atoms with Gasteiger partial charge in [-0.25, -0.2) is 0 Å². The fraction of sp³-hybridized carbons (Fsp3) is 0.692. The highest BCUT2D eigenvalue weighted by atomic mass is 16.6. The van der Waals surface area contributed by atoms with Crippen molar-refractivity contribution in [1.29, 1.82) is 0 Å². The molecule has 1 saturated carbocycles. The van der Waals surface area contributed by atoms with E-state index in [1.54, 1.807) is 19.9 Å². The summed E-state index contributed by atoms with van der Waals surface area (Å²) in [6.07, 6.45) is 4.49. The lowest BCUT2D eigenvalue weighted by atomic mass is 9.75. The lowest BCUT2D eigenvalue weighted by Gasteiger charge is -2.29. The molecule has 0 amide bonds. The number of allylic oxidation sites excluding steroid dienone is 1. The highest BCUT2D eigenvalue weighted by Crippen LogP contribution is 2.52. The third-order valence-corrected chi connectivity index (χ3v) is 3.62. The molecule has 0 aromatic carbocycles. The topological polar surface area (TPSA) is 52.6 Å². The van der Waals surface area contributed by atoms with Crippen LogP contribution in [0.5, 0.6) is 0 Å². The minimum Gasteiger partial charge on any atom is -0.465 e. The Morgan fingerprint density at radius 2 is 1.88 bits per heavy atom. The van der Waals surface area contributed by atoms with Crippen LogP contribution in [0.25, 0.3) is 0 Å². The summed E-state index contributed by atoms with van der Waals surface area (Å²) in [6, 6.07) is 0. The predicted molar refractivity (Wildman–Crippen MR) is 61.1 cm³/mol. The Bertz CT molecular complexity index is 352. The zero-order chi connectivity index (χ0) is 12.5. The summed E-state index contributed by atoms with van der Waals surface area (Å²) >= 11 is 0. The van der Waals surface area contributed by atoms with Crippen molar-refractivity contribution in [1.82, 2.24) is 0 Å². The average molecular weight is 238 g/mol. The molecule has 4 nitrogen and oxygen atoms in total. The second-order valence-electron chi connectivity index (χ2n) is 4.55. The molecule has 1 atom stereocenters. The van der Waals surface area contributed by atoms with E-state index in [1.165, 1.54) is 5.57 Å². The van der Waals surface area contributed by atoms with Gasteiger partial charge in [-0.3, -0.25) is 9.59 Å². The fourth-order valence-electron chi connectivity index (χ4n) is 2.88. The molecular weight excluding hydrogens is 220 g/mol. The molecule has 2 bridgehead atoms. The summed E-state index contributed by atoms with van der Waals surface area (Å²) in [7, 11) is 0. The summed E-state index contributed by atoms with van der Waals surface area (Å²) in [5.41, 5.74) is 0.0377. The maximum atomic E-state index is 12.1. The zero-order valence-corrected chi connectivity index (χ0v) is 10.3. The molecule has 94 valence electrons. The van der Waals surface area contributed by atoms with Crippen LogP contribution >= 0.6 is 0 Å². The molecule has 17 heavy (non-hydrogen) atoms. The van der Waals surface area contributed by atoms with E-state index in [4.69, 9.17) is 9.47 Å². The van der Waals surface area contributed by atoms with Gasteiger partial charge in [0.25, 0.3) is 0 Å². The lowest BCUT2D eigenvalue weighted by Crippen LogP contribution is -2.44. The third kappa shape index (κ3) is 1.75. The monoisotopic (exact) mass is 238 g/mol. The minimum atomic E-state index is -1.15. The molecule has 2 aliphatic carbocycles. The summed E-state index contributed by atoms with van der Waals surface area (Å²) in [5.74, 6) is -0.855. The Kier molecular flexibility index (Phi) is 3.22. The van der Waals surface area contributed by atoms with Gasteiger partial charge in [0, 0.05) is 0 Å². The van der Waals surface area contributed by atoms with Crippen LogP contribution in [0.1, 0.15) is 33.1 Å². The summed E-state index contributed by atoms with van der Waals surface area (Å²) in [6.45, 7) is 4.07. The van der Waals surface area contributed by atoms with Crippen LogP contribution in [0.15, 0.2) is 11.6 Å². The molecule has 0 spiro atoms. The first-order valence-corrected chi connectivity index (χ1v) is 6.20. The van der Waals surface area contributed by atoms with E-state index in [0.29, 0.717) is 0 Å². The van der Waals surface area contributed by atoms with E-state index >= 15 is 0 Å². The maximum Gasteiger partial charge on any atom is 0.327 e. The van der Waals surface area contributed by atoms with Crippen molar-refractivity contribution in [2.45, 2.75) is 33.1 Å². The normalized spacial score (nSPS) is 24.4. The highest BCUT2D eigenvalue weighted by molar-refractivity contribution is 6.03. The van der Waals surface area contributed by atoms with Crippen molar-refractivity contribution in [2.24, 2.45) is 11.3 Å². The number of hydrogen-bond acceptors (Lipinski definition) is 4. The molecule has 2 rings (SSSR count). The molecule has 0 N–H and O–H groups in total. The Morgan fingerprint density at radius 1 is 1.29 bits per heavy atom. The number of hydrogen-bond donors (Lipinski definition) is 0. The van der Waals surface area contributed by atoms with E-state index < -0.39 is 17.4 Å². The maximum absolute atomic E-state index is 12.1. The van der Waals surface area contributed by atoms with Crippen LogP contribution < -0.4 is 0 Å². The van der Waals surface area contributed by atoms with Gasteiger partial charge in [-0.15, -0.1) is 0 Å². The minimum absolute atomic E-state index is 0.0376. The largest absolute Gasteiger partial charge is 0.465 e. The number of ether oxygens (including phenoxy) is 2. The van der Waals surface area contributed by atoms with Gasteiger partial charge in [0.05, 0.1) is 13.2 Å². The first-order chi connectivity index (χ1) is 8.15. The van der Waals surface area contributed by atoms with Crippen molar-refractivity contribution < 1.29 is 19.1 Å². The van der Waals surface area contributed by atoms with E-state index in [9.17, 15) is 9.59 Å². The first kappa shape index (κ1) is 12.1. The van der Waals surface area contributed by atoms with Crippen molar-refractivity contribution in [3.05, 3.63) is 11.6 Å². The molecule has 0 heterocycles. The third-order valence-electron chi connectivity index (χ3n) is 3.62. The van der Waals surface area contributed by atoms with Gasteiger partial charge in [-0.2, -0.15) is 0 Å². The smallest absolute Gasteiger partial charge is 0.327 e. The van der Waals surface area contributed by atoms with Gasteiger partial charge in [0.15, 0.2) is 5.41 Å². The molecule has 0 aromatic rings. The molecule has 2 aliphatic rings. The van der Waals surface area contributed by atoms with Gasteiger partial charge in [-0.1, -0.05) is 11.6 Å². The molecule has 1 fully saturated rings. The summed E-state index contributed by atoms with van der Waals surface area (Å²) in [5, 5.41) is 0. The van der Waals surface area contributed by atoms with Gasteiger partial charge < -0.3 is 9.47 Å².